The van der Waals surface area contributed by atoms with E-state index in [-0.39, 0.29) is 5.91 Å². The zero-order valence-electron chi connectivity index (χ0n) is 19.4. The first-order valence-corrected chi connectivity index (χ1v) is 11.1. The van der Waals surface area contributed by atoms with Gasteiger partial charge in [0.25, 0.3) is 0 Å². The lowest BCUT2D eigenvalue weighted by molar-refractivity contribution is -0.117. The average molecular weight is 469 g/mol. The minimum Gasteiger partial charge on any atom is -0.497 e. The predicted molar refractivity (Wildman–Crippen MR) is 135 cm³/mol. The van der Waals surface area contributed by atoms with Gasteiger partial charge >= 0.3 is 0 Å². The van der Waals surface area contributed by atoms with Gasteiger partial charge in [0.2, 0.25) is 5.91 Å². The zero-order chi connectivity index (χ0) is 24.2. The number of benzene rings is 3. The van der Waals surface area contributed by atoms with Crippen LogP contribution >= 0.6 is 0 Å². The Morgan fingerprint density at radius 1 is 0.914 bits per heavy atom. The molecule has 9 nitrogen and oxygen atoms in total. The summed E-state index contributed by atoms with van der Waals surface area (Å²) < 4.78 is 12.0. The fraction of sp³-hybridized carbons (Fsp3) is 0.154. The van der Waals surface area contributed by atoms with Crippen LogP contribution in [0.4, 0.5) is 17.2 Å². The largest absolute Gasteiger partial charge is 0.497 e. The highest BCUT2D eigenvalue weighted by Crippen LogP contribution is 2.30. The number of hydrogen-bond donors (Lipinski definition) is 2. The first kappa shape index (κ1) is 22.3. The van der Waals surface area contributed by atoms with Crippen LogP contribution in [0.25, 0.3) is 27.8 Å². The summed E-state index contributed by atoms with van der Waals surface area (Å²) >= 11 is 0. The minimum atomic E-state index is -0.109. The fourth-order valence-corrected chi connectivity index (χ4v) is 3.82. The van der Waals surface area contributed by atoms with Crippen molar-refractivity contribution in [1.29, 1.82) is 0 Å². The molecule has 0 aliphatic carbocycles. The molecule has 1 amide bonds. The van der Waals surface area contributed by atoms with Gasteiger partial charge < -0.3 is 20.1 Å². The maximum atomic E-state index is 12.1. The van der Waals surface area contributed by atoms with Crippen LogP contribution in [0.1, 0.15) is 6.42 Å². The Hall–Kier alpha value is -4.50. The fourth-order valence-electron chi connectivity index (χ4n) is 3.82. The molecule has 0 unspecified atom stereocenters. The molecule has 0 saturated heterocycles. The van der Waals surface area contributed by atoms with E-state index in [4.69, 9.17) is 14.6 Å². The maximum Gasteiger partial charge on any atom is 0.226 e. The van der Waals surface area contributed by atoms with Crippen molar-refractivity contribution in [2.24, 2.45) is 0 Å². The van der Waals surface area contributed by atoms with E-state index in [1.807, 2.05) is 72.8 Å². The SMILES string of the molecule is COCCC(=O)Nc1cccc(Nc2nn3c(-c4ccc(OC)cc4)nnc3c3ccccc23)c1. The van der Waals surface area contributed by atoms with Crippen LogP contribution in [-0.2, 0) is 9.53 Å². The molecule has 0 radical (unpaired) electrons. The first-order chi connectivity index (χ1) is 17.2. The molecule has 35 heavy (non-hydrogen) atoms. The topological polar surface area (TPSA) is 103 Å². The molecular weight excluding hydrogens is 444 g/mol. The Morgan fingerprint density at radius 3 is 2.46 bits per heavy atom. The summed E-state index contributed by atoms with van der Waals surface area (Å²) in [5, 5.41) is 21.8. The summed E-state index contributed by atoms with van der Waals surface area (Å²) in [6.45, 7) is 0.370. The molecular formula is C26H24N6O3. The molecule has 2 aromatic heterocycles. The molecule has 2 N–H and O–H groups in total. The number of nitrogens with zero attached hydrogens (tertiary/aromatic N) is 4. The molecule has 176 valence electrons. The molecule has 0 fully saturated rings. The minimum absolute atomic E-state index is 0.109. The molecule has 0 bridgehead atoms. The van der Waals surface area contributed by atoms with E-state index < -0.39 is 0 Å². The zero-order valence-corrected chi connectivity index (χ0v) is 19.4. The van der Waals surface area contributed by atoms with Gasteiger partial charge in [-0.3, -0.25) is 4.79 Å². The third-order valence-corrected chi connectivity index (χ3v) is 5.55. The van der Waals surface area contributed by atoms with Crippen LogP contribution < -0.4 is 15.4 Å². The van der Waals surface area contributed by atoms with Crippen molar-refractivity contribution >= 4 is 39.5 Å². The van der Waals surface area contributed by atoms with Gasteiger partial charge in [-0.05, 0) is 42.5 Å². The molecule has 0 atom stereocenters. The highest BCUT2D eigenvalue weighted by Gasteiger charge is 2.16. The molecule has 9 heteroatoms. The van der Waals surface area contributed by atoms with Gasteiger partial charge in [0, 0.05) is 34.8 Å². The van der Waals surface area contributed by atoms with Gasteiger partial charge in [-0.15, -0.1) is 15.3 Å². The van der Waals surface area contributed by atoms with E-state index in [1.54, 1.807) is 18.7 Å². The van der Waals surface area contributed by atoms with E-state index in [2.05, 4.69) is 20.8 Å². The molecule has 5 rings (SSSR count). The second-order valence-electron chi connectivity index (χ2n) is 7.88. The summed E-state index contributed by atoms with van der Waals surface area (Å²) in [5.74, 6) is 1.92. The lowest BCUT2D eigenvalue weighted by atomic mass is 10.1. The number of fused-ring (bicyclic) bond motifs is 3. The number of nitrogens with one attached hydrogen (secondary N) is 2. The van der Waals surface area contributed by atoms with Gasteiger partial charge in [-0.1, -0.05) is 30.3 Å². The van der Waals surface area contributed by atoms with Crippen molar-refractivity contribution < 1.29 is 14.3 Å². The van der Waals surface area contributed by atoms with E-state index in [1.165, 1.54) is 0 Å². The van der Waals surface area contributed by atoms with Crippen LogP contribution in [0, 0.1) is 0 Å². The summed E-state index contributed by atoms with van der Waals surface area (Å²) in [5.41, 5.74) is 3.00. The second-order valence-corrected chi connectivity index (χ2v) is 7.88. The number of aromatic nitrogens is 4. The Labute approximate surface area is 201 Å². The molecule has 0 aliphatic heterocycles. The van der Waals surface area contributed by atoms with Crippen LogP contribution in [0.5, 0.6) is 5.75 Å². The van der Waals surface area contributed by atoms with E-state index in [9.17, 15) is 4.79 Å². The summed E-state index contributed by atoms with van der Waals surface area (Å²) in [6, 6.07) is 23.0. The molecule has 5 aromatic rings. The summed E-state index contributed by atoms with van der Waals surface area (Å²) in [7, 11) is 3.20. The normalized spacial score (nSPS) is 11.0. The monoisotopic (exact) mass is 468 g/mol. The number of methoxy groups -OCH3 is 2. The average Bonchev–Trinajstić information content (AvgIpc) is 3.32. The number of ether oxygens (including phenoxy) is 2. The van der Waals surface area contributed by atoms with Crippen molar-refractivity contribution in [3.05, 3.63) is 72.8 Å². The Balaban J connectivity index is 1.53. The van der Waals surface area contributed by atoms with Crippen LogP contribution in [0.15, 0.2) is 72.8 Å². The van der Waals surface area contributed by atoms with Gasteiger partial charge in [0.05, 0.1) is 20.1 Å². The predicted octanol–water partition coefficient (Wildman–Crippen LogP) is 4.67. The lowest BCUT2D eigenvalue weighted by Crippen LogP contribution is -2.13. The smallest absolute Gasteiger partial charge is 0.226 e. The Bertz CT molecular complexity index is 1500. The first-order valence-electron chi connectivity index (χ1n) is 11.1. The van der Waals surface area contributed by atoms with Crippen molar-refractivity contribution in [3.63, 3.8) is 0 Å². The molecule has 0 aliphatic rings. The number of rotatable bonds is 8. The Morgan fingerprint density at radius 2 is 1.69 bits per heavy atom. The van der Waals surface area contributed by atoms with E-state index >= 15 is 0 Å². The van der Waals surface area contributed by atoms with Crippen LogP contribution in [-0.4, -0.2) is 46.5 Å². The van der Waals surface area contributed by atoms with Crippen LogP contribution in [0.2, 0.25) is 0 Å². The van der Waals surface area contributed by atoms with Crippen molar-refractivity contribution in [3.8, 4) is 17.1 Å². The van der Waals surface area contributed by atoms with Crippen molar-refractivity contribution in [2.45, 2.75) is 6.42 Å². The second kappa shape index (κ2) is 9.78. The number of anilines is 3. The highest BCUT2D eigenvalue weighted by molar-refractivity contribution is 6.01. The molecule has 0 saturated carbocycles. The van der Waals surface area contributed by atoms with Crippen LogP contribution in [0.3, 0.4) is 0 Å². The Kier molecular flexibility index (Phi) is 6.23. The summed E-state index contributed by atoms with van der Waals surface area (Å²) in [4.78, 5) is 12.1. The number of hydrogen-bond acceptors (Lipinski definition) is 7. The van der Waals surface area contributed by atoms with Crippen molar-refractivity contribution in [2.75, 3.05) is 31.5 Å². The third kappa shape index (κ3) is 4.62. The van der Waals surface area contributed by atoms with E-state index in [0.29, 0.717) is 36.0 Å². The third-order valence-electron chi connectivity index (χ3n) is 5.55. The standard InChI is InChI=1S/C26H24N6O3/c1-34-15-14-23(33)27-18-6-5-7-19(16-18)28-24-21-8-3-4-9-22(21)26-30-29-25(32(26)31-24)17-10-12-20(35-2)13-11-17/h3-13,16H,14-15H2,1-2H3,(H,27,33)(H,28,31). The lowest BCUT2D eigenvalue weighted by Gasteiger charge is -2.12. The molecule has 2 heterocycles. The van der Waals surface area contributed by atoms with Gasteiger partial charge in [0.1, 0.15) is 5.75 Å². The maximum absolute atomic E-state index is 12.1. The molecule has 0 spiro atoms. The molecule has 3 aromatic carbocycles. The van der Waals surface area contributed by atoms with Gasteiger partial charge in [-0.25, -0.2) is 0 Å². The number of amides is 1. The van der Waals surface area contributed by atoms with Gasteiger partial charge in [0.15, 0.2) is 17.3 Å². The number of carbonyl (C=O) groups is 1. The number of carbonyl (C=O) groups excluding carboxylic acids is 1. The summed E-state index contributed by atoms with van der Waals surface area (Å²) in [6.07, 6.45) is 0.290. The quantitative estimate of drug-likeness (QED) is 0.341. The van der Waals surface area contributed by atoms with E-state index in [0.717, 1.165) is 27.8 Å². The van der Waals surface area contributed by atoms with Gasteiger partial charge in [-0.2, -0.15) is 4.52 Å². The van der Waals surface area contributed by atoms with Crippen molar-refractivity contribution in [1.82, 2.24) is 19.8 Å². The highest BCUT2D eigenvalue weighted by atomic mass is 16.5.